The largest absolute Gasteiger partial charge is 0.332 e. The minimum absolute atomic E-state index is 0.114. The van der Waals surface area contributed by atoms with Crippen molar-refractivity contribution < 1.29 is 9.59 Å². The van der Waals surface area contributed by atoms with Crippen molar-refractivity contribution >= 4 is 23.3 Å². The number of nitrogens with zero attached hydrogens (tertiary/aromatic N) is 4. The maximum atomic E-state index is 12.4. The molecule has 6 rings (SSSR count). The second-order valence-corrected chi connectivity index (χ2v) is 9.14. The molecule has 27 heavy (non-hydrogen) atoms. The molecule has 2 aromatic rings. The highest BCUT2D eigenvalue weighted by Gasteiger charge is 2.51. The minimum Gasteiger partial charge on any atom is -0.332 e. The maximum Gasteiger partial charge on any atom is 0.321 e. The lowest BCUT2D eigenvalue weighted by Crippen LogP contribution is -2.62. The summed E-state index contributed by atoms with van der Waals surface area (Å²) < 4.78 is 0. The van der Waals surface area contributed by atoms with E-state index < -0.39 is 11.9 Å². The molecule has 4 aliphatic rings. The summed E-state index contributed by atoms with van der Waals surface area (Å²) in [4.78, 5) is 25.8. The van der Waals surface area contributed by atoms with Crippen LogP contribution in [0.4, 0.5) is 4.79 Å². The number of thiophene rings is 1. The summed E-state index contributed by atoms with van der Waals surface area (Å²) in [5.41, 5.74) is 0.753. The van der Waals surface area contributed by atoms with Gasteiger partial charge in [-0.25, -0.2) is 4.79 Å². The molecule has 2 heterocycles. The standard InChI is InChI=1S/C18H22N6O2S/c25-15(9-24-22-16(21-23-24)14-1-2-27-10-14)19-17(26)20-18-6-11-3-12(7-18)5-13(4-11)8-18/h1-2,10-13H,3-9H2,(H2,19,20,25,26). The molecule has 0 atom stereocenters. The van der Waals surface area contributed by atoms with Gasteiger partial charge in [-0.2, -0.15) is 16.1 Å². The molecule has 2 aromatic heterocycles. The lowest BCUT2D eigenvalue weighted by molar-refractivity contribution is -0.121. The predicted octanol–water partition coefficient (Wildman–Crippen LogP) is 2.20. The summed E-state index contributed by atoms with van der Waals surface area (Å²) in [6.45, 7) is -0.133. The molecular weight excluding hydrogens is 364 g/mol. The van der Waals surface area contributed by atoms with Gasteiger partial charge in [-0.1, -0.05) is 0 Å². The first-order valence-corrected chi connectivity index (χ1v) is 10.4. The first kappa shape index (κ1) is 16.9. The van der Waals surface area contributed by atoms with Crippen molar-refractivity contribution in [2.45, 2.75) is 50.6 Å². The quantitative estimate of drug-likeness (QED) is 0.839. The van der Waals surface area contributed by atoms with E-state index in [9.17, 15) is 9.59 Å². The number of tetrazole rings is 1. The molecule has 3 amide bonds. The normalized spacial score (nSPS) is 31.0. The Morgan fingerprint density at radius 2 is 1.89 bits per heavy atom. The van der Waals surface area contributed by atoms with Crippen LogP contribution in [-0.2, 0) is 11.3 Å². The number of imide groups is 1. The van der Waals surface area contributed by atoms with E-state index in [4.69, 9.17) is 0 Å². The molecule has 2 N–H and O–H groups in total. The fourth-order valence-electron chi connectivity index (χ4n) is 5.65. The molecule has 0 saturated heterocycles. The number of rotatable bonds is 4. The van der Waals surface area contributed by atoms with Crippen LogP contribution in [0.2, 0.25) is 0 Å². The Kier molecular flexibility index (Phi) is 3.99. The Hall–Kier alpha value is -2.29. The number of aromatic nitrogens is 4. The minimum atomic E-state index is -0.438. The molecule has 8 nitrogen and oxygen atoms in total. The fraction of sp³-hybridized carbons (Fsp3) is 0.611. The number of nitrogens with one attached hydrogen (secondary N) is 2. The van der Waals surface area contributed by atoms with Crippen LogP contribution in [-0.4, -0.2) is 37.7 Å². The molecule has 142 valence electrons. The zero-order valence-electron chi connectivity index (χ0n) is 14.9. The summed E-state index contributed by atoms with van der Waals surface area (Å²) in [6, 6.07) is 1.49. The van der Waals surface area contributed by atoms with Gasteiger partial charge in [0.25, 0.3) is 5.91 Å². The smallest absolute Gasteiger partial charge is 0.321 e. The van der Waals surface area contributed by atoms with Crippen molar-refractivity contribution in [1.82, 2.24) is 30.8 Å². The van der Waals surface area contributed by atoms with Crippen molar-refractivity contribution in [3.8, 4) is 11.4 Å². The number of carbonyl (C=O) groups is 2. The average molecular weight is 386 g/mol. The van der Waals surface area contributed by atoms with Crippen LogP contribution in [0.15, 0.2) is 16.8 Å². The van der Waals surface area contributed by atoms with E-state index in [1.165, 1.54) is 24.1 Å². The Balaban J connectivity index is 1.17. The van der Waals surface area contributed by atoms with E-state index in [2.05, 4.69) is 26.0 Å². The third kappa shape index (κ3) is 3.36. The van der Waals surface area contributed by atoms with Crippen molar-refractivity contribution in [2.24, 2.45) is 17.8 Å². The monoisotopic (exact) mass is 386 g/mol. The Morgan fingerprint density at radius 3 is 2.52 bits per heavy atom. The van der Waals surface area contributed by atoms with Gasteiger partial charge >= 0.3 is 6.03 Å². The van der Waals surface area contributed by atoms with E-state index >= 15 is 0 Å². The zero-order chi connectivity index (χ0) is 18.4. The Morgan fingerprint density at radius 1 is 1.19 bits per heavy atom. The van der Waals surface area contributed by atoms with E-state index in [0.29, 0.717) is 5.82 Å². The highest BCUT2D eigenvalue weighted by molar-refractivity contribution is 7.08. The van der Waals surface area contributed by atoms with Gasteiger partial charge in [0.1, 0.15) is 6.54 Å². The molecule has 4 bridgehead atoms. The molecule has 4 fully saturated rings. The fourth-order valence-corrected chi connectivity index (χ4v) is 6.28. The molecule has 9 heteroatoms. The number of hydrogen-bond donors (Lipinski definition) is 2. The van der Waals surface area contributed by atoms with Crippen molar-refractivity contribution in [2.75, 3.05) is 0 Å². The van der Waals surface area contributed by atoms with Crippen molar-refractivity contribution in [3.05, 3.63) is 16.8 Å². The Bertz CT molecular complexity index is 826. The van der Waals surface area contributed by atoms with E-state index in [1.807, 2.05) is 16.8 Å². The highest BCUT2D eigenvalue weighted by atomic mass is 32.1. The predicted molar refractivity (Wildman–Crippen MR) is 98.7 cm³/mol. The first-order chi connectivity index (χ1) is 13.1. The van der Waals surface area contributed by atoms with Crippen LogP contribution in [0.25, 0.3) is 11.4 Å². The Labute approximate surface area is 160 Å². The van der Waals surface area contributed by atoms with Gasteiger partial charge in [0, 0.05) is 16.5 Å². The number of urea groups is 1. The molecule has 0 unspecified atom stereocenters. The topological polar surface area (TPSA) is 102 Å². The van der Waals surface area contributed by atoms with Crippen LogP contribution in [0.5, 0.6) is 0 Å². The van der Waals surface area contributed by atoms with Crippen LogP contribution in [0, 0.1) is 17.8 Å². The summed E-state index contributed by atoms with van der Waals surface area (Å²) in [6.07, 6.45) is 7.09. The molecule has 0 aliphatic heterocycles. The molecule has 4 saturated carbocycles. The lowest BCUT2D eigenvalue weighted by Gasteiger charge is -2.56. The van der Waals surface area contributed by atoms with Crippen LogP contribution in [0.1, 0.15) is 38.5 Å². The average Bonchev–Trinajstić information content (AvgIpc) is 3.23. The van der Waals surface area contributed by atoms with Gasteiger partial charge in [-0.15, -0.1) is 10.2 Å². The van der Waals surface area contributed by atoms with E-state index in [0.717, 1.165) is 42.6 Å². The molecule has 0 spiro atoms. The summed E-state index contributed by atoms with van der Waals surface area (Å²) in [5, 5.41) is 21.4. The van der Waals surface area contributed by atoms with Crippen LogP contribution < -0.4 is 10.6 Å². The van der Waals surface area contributed by atoms with E-state index in [1.54, 1.807) is 11.3 Å². The number of amides is 3. The molecule has 0 aromatic carbocycles. The highest BCUT2D eigenvalue weighted by Crippen LogP contribution is 2.55. The molecule has 4 aliphatic carbocycles. The maximum absolute atomic E-state index is 12.4. The zero-order valence-corrected chi connectivity index (χ0v) is 15.7. The third-order valence-electron chi connectivity index (χ3n) is 6.19. The SMILES string of the molecule is O=C(Cn1nnc(-c2ccsc2)n1)NC(=O)NC12CC3CC(CC(C3)C1)C2. The second-order valence-electron chi connectivity index (χ2n) is 8.36. The van der Waals surface area contributed by atoms with Gasteiger partial charge in [0.05, 0.1) is 0 Å². The van der Waals surface area contributed by atoms with Crippen molar-refractivity contribution in [1.29, 1.82) is 0 Å². The first-order valence-electron chi connectivity index (χ1n) is 9.49. The van der Waals surface area contributed by atoms with Gasteiger partial charge in [0.15, 0.2) is 0 Å². The van der Waals surface area contributed by atoms with Gasteiger partial charge < -0.3 is 5.32 Å². The molecule has 0 radical (unpaired) electrons. The van der Waals surface area contributed by atoms with Gasteiger partial charge in [-0.3, -0.25) is 10.1 Å². The lowest BCUT2D eigenvalue weighted by atomic mass is 9.53. The summed E-state index contributed by atoms with van der Waals surface area (Å²) in [5.74, 6) is 2.25. The summed E-state index contributed by atoms with van der Waals surface area (Å²) >= 11 is 1.54. The van der Waals surface area contributed by atoms with Gasteiger partial charge in [-0.05, 0) is 72.9 Å². The summed E-state index contributed by atoms with van der Waals surface area (Å²) in [7, 11) is 0. The van der Waals surface area contributed by atoms with Crippen LogP contribution >= 0.6 is 11.3 Å². The number of carbonyl (C=O) groups excluding carboxylic acids is 2. The number of hydrogen-bond acceptors (Lipinski definition) is 6. The van der Waals surface area contributed by atoms with Crippen molar-refractivity contribution in [3.63, 3.8) is 0 Å². The van der Waals surface area contributed by atoms with Crippen LogP contribution in [0.3, 0.4) is 0 Å². The third-order valence-corrected chi connectivity index (χ3v) is 6.87. The molecular formula is C18H22N6O2S. The second kappa shape index (κ2) is 6.40. The van der Waals surface area contributed by atoms with E-state index in [-0.39, 0.29) is 12.1 Å². The van der Waals surface area contributed by atoms with Gasteiger partial charge in [0.2, 0.25) is 5.82 Å².